The molecule has 0 radical (unpaired) electrons. The van der Waals surface area contributed by atoms with E-state index in [1.54, 1.807) is 0 Å². The molecule has 0 fully saturated rings. The number of rotatable bonds is 10. The van der Waals surface area contributed by atoms with Gasteiger partial charge in [-0.05, 0) is 6.92 Å². The number of aliphatic carboxylic acids is 1. The molecule has 0 aliphatic carbocycles. The van der Waals surface area contributed by atoms with Gasteiger partial charge in [-0.25, -0.2) is 4.79 Å². The SMILES string of the molecule is C=C(C)C(=O)O.CCC(C)(C)[O][Ti]([O]C(C)(C)CC)[O]C(C)(C)CC. The normalized spacial score (nSPS) is 12.2. The van der Waals surface area contributed by atoms with Crippen molar-refractivity contribution in [2.45, 2.75) is 105 Å². The third kappa shape index (κ3) is 14.6. The minimum atomic E-state index is -2.47. The number of carbonyl (C=O) groups is 1. The van der Waals surface area contributed by atoms with E-state index in [0.29, 0.717) is 0 Å². The standard InChI is InChI=1S/3C5H11O.C4H6O2.Ti/c3*1-4-5(2,3)6;1-3(2)4(5)6;/h3*4H2,1-3H3;1H2,2H3,(H,5,6);/q3*-1;;+3. The van der Waals surface area contributed by atoms with E-state index in [1.165, 1.54) is 6.92 Å². The molecule has 0 unspecified atom stereocenters. The van der Waals surface area contributed by atoms with Crippen LogP contribution in [0.3, 0.4) is 0 Å². The van der Waals surface area contributed by atoms with Crippen LogP contribution in [-0.2, 0) is 33.8 Å². The van der Waals surface area contributed by atoms with Gasteiger partial charge in [-0.1, -0.05) is 6.58 Å². The van der Waals surface area contributed by atoms with Crippen molar-refractivity contribution in [3.63, 3.8) is 0 Å². The van der Waals surface area contributed by atoms with Crippen LogP contribution >= 0.6 is 0 Å². The summed E-state index contributed by atoms with van der Waals surface area (Å²) >= 11 is -2.47. The summed E-state index contributed by atoms with van der Waals surface area (Å²) < 4.78 is 18.6. The van der Waals surface area contributed by atoms with Gasteiger partial charge in [-0.3, -0.25) is 0 Å². The number of hydrogen-bond acceptors (Lipinski definition) is 4. The molecule has 0 aromatic carbocycles. The zero-order chi connectivity index (χ0) is 20.5. The number of carboxylic acid groups (broad SMARTS) is 1. The van der Waals surface area contributed by atoms with E-state index in [-0.39, 0.29) is 22.4 Å². The van der Waals surface area contributed by atoms with Gasteiger partial charge in [0, 0.05) is 5.57 Å². The molecule has 0 aromatic heterocycles. The Kier molecular flexibility index (Phi) is 12.4. The monoisotopic (exact) mass is 395 g/mol. The molecule has 0 spiro atoms. The predicted octanol–water partition coefficient (Wildman–Crippen LogP) is 5.61. The van der Waals surface area contributed by atoms with Gasteiger partial charge in [0.1, 0.15) is 0 Å². The first kappa shape index (κ1) is 27.0. The van der Waals surface area contributed by atoms with Gasteiger partial charge in [0.05, 0.1) is 0 Å². The number of carboxylic acids is 1. The van der Waals surface area contributed by atoms with Crippen LogP contribution in [0.15, 0.2) is 12.2 Å². The average Bonchev–Trinajstić information content (AvgIpc) is 2.46. The first-order valence-electron chi connectivity index (χ1n) is 8.94. The molecule has 25 heavy (non-hydrogen) atoms. The predicted molar refractivity (Wildman–Crippen MR) is 98.8 cm³/mol. The topological polar surface area (TPSA) is 65.0 Å². The molecule has 5 nitrogen and oxygen atoms in total. The first-order valence-corrected chi connectivity index (χ1v) is 10.9. The van der Waals surface area contributed by atoms with Crippen molar-refractivity contribution in [2.75, 3.05) is 0 Å². The van der Waals surface area contributed by atoms with Gasteiger partial charge in [-0.15, -0.1) is 0 Å². The van der Waals surface area contributed by atoms with Crippen molar-refractivity contribution in [3.8, 4) is 0 Å². The van der Waals surface area contributed by atoms with Crippen LogP contribution in [0.5, 0.6) is 0 Å². The van der Waals surface area contributed by atoms with Crippen molar-refractivity contribution < 1.29 is 38.9 Å². The molecule has 0 atom stereocenters. The maximum absolute atomic E-state index is 9.60. The fraction of sp³-hybridized carbons (Fsp3) is 0.842. The van der Waals surface area contributed by atoms with Gasteiger partial charge in [0.25, 0.3) is 0 Å². The molecular formula is C19H39O5Ti. The Labute approximate surface area is 162 Å². The second kappa shape index (κ2) is 11.5. The van der Waals surface area contributed by atoms with Crippen LogP contribution in [0, 0.1) is 0 Å². The maximum atomic E-state index is 9.60. The van der Waals surface area contributed by atoms with Gasteiger partial charge >= 0.3 is 133 Å². The fourth-order valence-electron chi connectivity index (χ4n) is 0.956. The quantitative estimate of drug-likeness (QED) is 0.385. The second-order valence-electron chi connectivity index (χ2n) is 7.98. The van der Waals surface area contributed by atoms with Crippen molar-refractivity contribution in [3.05, 3.63) is 12.2 Å². The Hall–Kier alpha value is -0.196. The summed E-state index contributed by atoms with van der Waals surface area (Å²) in [5, 5.41) is 7.89. The van der Waals surface area contributed by atoms with E-state index in [9.17, 15) is 4.79 Å². The van der Waals surface area contributed by atoms with E-state index in [2.05, 4.69) is 68.9 Å². The Bertz CT molecular complexity index is 361. The molecule has 6 heteroatoms. The Morgan fingerprint density at radius 3 is 1.16 bits per heavy atom. The molecule has 0 saturated carbocycles. The van der Waals surface area contributed by atoms with Gasteiger partial charge < -0.3 is 5.11 Å². The van der Waals surface area contributed by atoms with E-state index in [1.807, 2.05) is 0 Å². The van der Waals surface area contributed by atoms with Gasteiger partial charge in [-0.2, -0.15) is 0 Å². The minimum absolute atomic E-state index is 0.176. The zero-order valence-corrected chi connectivity index (χ0v) is 19.5. The third-order valence-electron chi connectivity index (χ3n) is 4.00. The first-order chi connectivity index (χ1) is 11.1. The van der Waals surface area contributed by atoms with Crippen LogP contribution in [0.25, 0.3) is 0 Å². The fourth-order valence-corrected chi connectivity index (χ4v) is 3.94. The van der Waals surface area contributed by atoms with E-state index >= 15 is 0 Å². The molecular weight excluding hydrogens is 356 g/mol. The van der Waals surface area contributed by atoms with Gasteiger partial charge in [0.2, 0.25) is 0 Å². The summed E-state index contributed by atoms with van der Waals surface area (Å²) in [4.78, 5) is 9.60. The van der Waals surface area contributed by atoms with Crippen LogP contribution in [0.1, 0.15) is 88.5 Å². The Morgan fingerprint density at radius 2 is 1.04 bits per heavy atom. The molecule has 0 rings (SSSR count). The molecule has 149 valence electrons. The molecule has 0 bridgehead atoms. The van der Waals surface area contributed by atoms with E-state index in [4.69, 9.17) is 15.1 Å². The summed E-state index contributed by atoms with van der Waals surface area (Å²) in [7, 11) is 0. The second-order valence-corrected chi connectivity index (χ2v) is 9.72. The van der Waals surface area contributed by atoms with Gasteiger partial charge in [0.15, 0.2) is 0 Å². The van der Waals surface area contributed by atoms with Crippen molar-refractivity contribution in [1.29, 1.82) is 0 Å². The molecule has 0 aliphatic heterocycles. The average molecular weight is 395 g/mol. The molecule has 1 N–H and O–H groups in total. The third-order valence-corrected chi connectivity index (χ3v) is 7.37. The van der Waals surface area contributed by atoms with Crippen LogP contribution < -0.4 is 0 Å². The number of hydrogen-bond donors (Lipinski definition) is 1. The van der Waals surface area contributed by atoms with Crippen molar-refractivity contribution in [1.82, 2.24) is 0 Å². The van der Waals surface area contributed by atoms with Crippen molar-refractivity contribution in [2.24, 2.45) is 0 Å². The molecule has 0 aromatic rings. The van der Waals surface area contributed by atoms with Crippen LogP contribution in [-0.4, -0.2) is 27.9 Å². The Morgan fingerprint density at radius 1 is 0.840 bits per heavy atom. The summed E-state index contributed by atoms with van der Waals surface area (Å²) in [6.45, 7) is 23.6. The molecule has 0 amide bonds. The van der Waals surface area contributed by atoms with Crippen LogP contribution in [0.2, 0.25) is 0 Å². The molecule has 0 saturated heterocycles. The van der Waals surface area contributed by atoms with Crippen LogP contribution in [0.4, 0.5) is 0 Å². The molecule has 0 heterocycles. The summed E-state index contributed by atoms with van der Waals surface area (Å²) in [6.07, 6.45) is 2.86. The molecule has 0 aliphatic rings. The zero-order valence-electron chi connectivity index (χ0n) is 17.9. The van der Waals surface area contributed by atoms with E-state index in [0.717, 1.165) is 19.3 Å². The summed E-state index contributed by atoms with van der Waals surface area (Å²) in [5.41, 5.74) is -0.357. The summed E-state index contributed by atoms with van der Waals surface area (Å²) in [5.74, 6) is -0.935. The summed E-state index contributed by atoms with van der Waals surface area (Å²) in [6, 6.07) is 0. The Balaban J connectivity index is 0. The van der Waals surface area contributed by atoms with Crippen molar-refractivity contribution >= 4 is 5.97 Å². The van der Waals surface area contributed by atoms with E-state index < -0.39 is 25.0 Å².